The predicted octanol–water partition coefficient (Wildman–Crippen LogP) is 1.77. The number of sulfonamides is 1. The lowest BCUT2D eigenvalue weighted by atomic mass is 10.1. The van der Waals surface area contributed by atoms with Gasteiger partial charge in [0, 0.05) is 39.9 Å². The van der Waals surface area contributed by atoms with Crippen LogP contribution in [0.15, 0.2) is 41.3 Å². The number of carbonyl (C=O) groups is 2. The number of aliphatic hydroxyl groups is 1. The second-order valence-electron chi connectivity index (χ2n) is 7.90. The largest absolute Gasteiger partial charge is 0.452 e. The van der Waals surface area contributed by atoms with E-state index in [-0.39, 0.29) is 23.6 Å². The number of anilines is 1. The minimum absolute atomic E-state index is 0.0452. The molecule has 180 valence electrons. The van der Waals surface area contributed by atoms with E-state index < -0.39 is 28.5 Å². The van der Waals surface area contributed by atoms with E-state index in [1.807, 2.05) is 32.0 Å². The molecule has 0 aromatic heterocycles. The average molecular weight is 478 g/mol. The third-order valence-electron chi connectivity index (χ3n) is 5.07. The van der Waals surface area contributed by atoms with Gasteiger partial charge in [-0.1, -0.05) is 23.8 Å². The Balaban J connectivity index is 2.15. The summed E-state index contributed by atoms with van der Waals surface area (Å²) in [5, 5.41) is 11.9. The molecular weight excluding hydrogens is 446 g/mol. The van der Waals surface area contributed by atoms with Crippen molar-refractivity contribution in [1.29, 1.82) is 0 Å². The molecule has 0 bridgehead atoms. The molecule has 2 aromatic rings. The van der Waals surface area contributed by atoms with Gasteiger partial charge in [-0.3, -0.25) is 4.79 Å². The van der Waals surface area contributed by atoms with Crippen molar-refractivity contribution in [2.75, 3.05) is 46.2 Å². The zero-order chi connectivity index (χ0) is 24.8. The van der Waals surface area contributed by atoms with Gasteiger partial charge in [0.25, 0.3) is 5.91 Å². The lowest BCUT2D eigenvalue weighted by Gasteiger charge is -2.19. The summed E-state index contributed by atoms with van der Waals surface area (Å²) in [4.78, 5) is 26.7. The first kappa shape index (κ1) is 26.3. The molecule has 0 atom stereocenters. The number of hydrogen-bond donors (Lipinski definition) is 2. The number of rotatable bonds is 10. The van der Waals surface area contributed by atoms with E-state index >= 15 is 0 Å². The van der Waals surface area contributed by atoms with Crippen LogP contribution in [0.5, 0.6) is 0 Å². The van der Waals surface area contributed by atoms with Crippen LogP contribution in [0.2, 0.25) is 0 Å². The molecule has 0 saturated heterocycles. The van der Waals surface area contributed by atoms with Gasteiger partial charge in [0.2, 0.25) is 10.0 Å². The lowest BCUT2D eigenvalue weighted by molar-refractivity contribution is -0.133. The predicted molar refractivity (Wildman–Crippen MR) is 126 cm³/mol. The number of likely N-dealkylation sites (N-methyl/N-ethyl adjacent to an activating group) is 1. The van der Waals surface area contributed by atoms with Gasteiger partial charge in [0.15, 0.2) is 6.61 Å². The summed E-state index contributed by atoms with van der Waals surface area (Å²) in [7, 11) is 0.604. The number of benzene rings is 2. The maximum atomic E-state index is 12.8. The highest BCUT2D eigenvalue weighted by molar-refractivity contribution is 7.89. The number of aryl methyl sites for hydroxylation is 2. The van der Waals surface area contributed by atoms with E-state index in [0.29, 0.717) is 12.2 Å². The van der Waals surface area contributed by atoms with Gasteiger partial charge in [-0.2, -0.15) is 0 Å². The summed E-state index contributed by atoms with van der Waals surface area (Å²) in [6.45, 7) is 3.79. The molecule has 2 rings (SSSR count). The van der Waals surface area contributed by atoms with E-state index in [1.54, 1.807) is 7.05 Å². The van der Waals surface area contributed by atoms with E-state index in [4.69, 9.17) is 9.84 Å². The van der Waals surface area contributed by atoms with Gasteiger partial charge in [0.1, 0.15) is 0 Å². The third kappa shape index (κ3) is 6.77. The third-order valence-corrected chi connectivity index (χ3v) is 6.89. The molecule has 9 nitrogen and oxygen atoms in total. The average Bonchev–Trinajstić information content (AvgIpc) is 2.77. The van der Waals surface area contributed by atoms with Crippen molar-refractivity contribution < 1.29 is 27.9 Å². The van der Waals surface area contributed by atoms with Crippen LogP contribution in [-0.4, -0.2) is 75.5 Å². The van der Waals surface area contributed by atoms with Crippen LogP contribution in [-0.2, 0) is 26.1 Å². The van der Waals surface area contributed by atoms with Crippen molar-refractivity contribution in [3.63, 3.8) is 0 Å². The quantitative estimate of drug-likeness (QED) is 0.501. The number of amides is 1. The summed E-state index contributed by atoms with van der Waals surface area (Å²) >= 11 is 0. The molecule has 33 heavy (non-hydrogen) atoms. The van der Waals surface area contributed by atoms with Crippen LogP contribution in [0.4, 0.5) is 5.69 Å². The van der Waals surface area contributed by atoms with Crippen molar-refractivity contribution in [3.8, 4) is 0 Å². The zero-order valence-corrected chi connectivity index (χ0v) is 20.4. The fourth-order valence-corrected chi connectivity index (χ4v) is 4.02. The maximum absolute atomic E-state index is 12.8. The Morgan fingerprint density at radius 3 is 2.36 bits per heavy atom. The Labute approximate surface area is 195 Å². The molecule has 1 amide bonds. The minimum atomic E-state index is -3.78. The van der Waals surface area contributed by atoms with E-state index in [9.17, 15) is 18.0 Å². The molecule has 2 N–H and O–H groups in total. The first-order valence-electron chi connectivity index (χ1n) is 10.4. The van der Waals surface area contributed by atoms with Crippen molar-refractivity contribution in [3.05, 3.63) is 58.7 Å². The normalized spacial score (nSPS) is 11.4. The van der Waals surface area contributed by atoms with Crippen LogP contribution in [0.25, 0.3) is 0 Å². The molecule has 0 unspecified atom stereocenters. The highest BCUT2D eigenvalue weighted by Crippen LogP contribution is 2.23. The summed E-state index contributed by atoms with van der Waals surface area (Å²) < 4.78 is 31.2. The molecule has 0 aliphatic heterocycles. The Kier molecular flexibility index (Phi) is 8.98. The molecular formula is C23H31N3O6S. The maximum Gasteiger partial charge on any atom is 0.340 e. The molecule has 0 fully saturated rings. The Morgan fingerprint density at radius 2 is 1.76 bits per heavy atom. The van der Waals surface area contributed by atoms with Gasteiger partial charge < -0.3 is 20.1 Å². The topological polar surface area (TPSA) is 116 Å². The minimum Gasteiger partial charge on any atom is -0.452 e. The van der Waals surface area contributed by atoms with Gasteiger partial charge in [-0.05, 0) is 43.2 Å². The van der Waals surface area contributed by atoms with Crippen LogP contribution in [0.3, 0.4) is 0 Å². The number of hydrogen-bond acceptors (Lipinski definition) is 7. The Bertz CT molecular complexity index is 1120. The molecule has 0 saturated carbocycles. The van der Waals surface area contributed by atoms with Gasteiger partial charge in [0.05, 0.1) is 17.1 Å². The first-order valence-corrected chi connectivity index (χ1v) is 11.8. The fraction of sp³-hybridized carbons (Fsp3) is 0.391. The Morgan fingerprint density at radius 1 is 1.06 bits per heavy atom. The summed E-state index contributed by atoms with van der Waals surface area (Å²) in [5.41, 5.74) is 3.42. The molecule has 0 aliphatic carbocycles. The molecule has 2 aromatic carbocycles. The standard InChI is InChI=1S/C23H31N3O6S/c1-16-6-7-18(17(2)12-16)14-26(5)22(28)15-32-23(29)20-13-19(33(30,31)25(3)4)8-9-21(20)24-10-11-27/h6-9,12-13,24,27H,10-11,14-15H2,1-5H3. The van der Waals surface area contributed by atoms with Crippen LogP contribution in [0.1, 0.15) is 27.0 Å². The van der Waals surface area contributed by atoms with Gasteiger partial charge >= 0.3 is 5.97 Å². The van der Waals surface area contributed by atoms with E-state index in [2.05, 4.69) is 5.32 Å². The SMILES string of the molecule is Cc1ccc(CN(C)C(=O)COC(=O)c2cc(S(=O)(=O)N(C)C)ccc2NCCO)c(C)c1. The van der Waals surface area contributed by atoms with E-state index in [1.165, 1.54) is 37.2 Å². The molecule has 10 heteroatoms. The number of nitrogens with zero attached hydrogens (tertiary/aromatic N) is 2. The van der Waals surface area contributed by atoms with Crippen LogP contribution < -0.4 is 5.32 Å². The monoisotopic (exact) mass is 477 g/mol. The molecule has 0 aliphatic rings. The van der Waals surface area contributed by atoms with Crippen molar-refractivity contribution in [2.24, 2.45) is 0 Å². The van der Waals surface area contributed by atoms with Crippen LogP contribution >= 0.6 is 0 Å². The van der Waals surface area contributed by atoms with Gasteiger partial charge in [-0.15, -0.1) is 0 Å². The molecule has 0 spiro atoms. The number of esters is 1. The van der Waals surface area contributed by atoms with Crippen molar-refractivity contribution in [2.45, 2.75) is 25.3 Å². The van der Waals surface area contributed by atoms with Crippen molar-refractivity contribution in [1.82, 2.24) is 9.21 Å². The lowest BCUT2D eigenvalue weighted by Crippen LogP contribution is -2.31. The highest BCUT2D eigenvalue weighted by Gasteiger charge is 2.23. The Hall–Kier alpha value is -2.95. The smallest absolute Gasteiger partial charge is 0.340 e. The summed E-state index contributed by atoms with van der Waals surface area (Å²) in [6, 6.07) is 9.93. The number of ether oxygens (including phenoxy) is 1. The van der Waals surface area contributed by atoms with E-state index in [0.717, 1.165) is 21.0 Å². The first-order chi connectivity index (χ1) is 15.5. The van der Waals surface area contributed by atoms with Gasteiger partial charge in [-0.25, -0.2) is 17.5 Å². The summed E-state index contributed by atoms with van der Waals surface area (Å²) in [5.74, 6) is -1.25. The molecule has 0 heterocycles. The highest BCUT2D eigenvalue weighted by atomic mass is 32.2. The van der Waals surface area contributed by atoms with Crippen molar-refractivity contribution >= 4 is 27.6 Å². The second-order valence-corrected chi connectivity index (χ2v) is 10.1. The number of carbonyl (C=O) groups excluding carboxylic acids is 2. The molecule has 0 radical (unpaired) electrons. The number of nitrogens with one attached hydrogen (secondary N) is 1. The fourth-order valence-electron chi connectivity index (χ4n) is 3.09. The second kappa shape index (κ2) is 11.3. The summed E-state index contributed by atoms with van der Waals surface area (Å²) in [6.07, 6.45) is 0. The zero-order valence-electron chi connectivity index (χ0n) is 19.6. The number of aliphatic hydroxyl groups excluding tert-OH is 1. The van der Waals surface area contributed by atoms with Crippen LogP contribution in [0, 0.1) is 13.8 Å².